The monoisotopic (exact) mass is 335 g/mol. The Bertz CT molecular complexity index is 741. The van der Waals surface area contributed by atoms with Crippen molar-refractivity contribution in [2.75, 3.05) is 0 Å². The molecule has 0 atom stereocenters. The number of nitrogens with one attached hydrogen (secondary N) is 1. The molecule has 4 rings (SSSR count). The van der Waals surface area contributed by atoms with E-state index in [1.54, 1.807) is 0 Å². The van der Waals surface area contributed by atoms with Crippen molar-refractivity contribution in [3.63, 3.8) is 0 Å². The Kier molecular flexibility index (Phi) is 5.77. The van der Waals surface area contributed by atoms with Crippen LogP contribution >= 0.6 is 24.8 Å². The first-order valence-corrected chi connectivity index (χ1v) is 7.90. The van der Waals surface area contributed by atoms with Gasteiger partial charge in [-0.2, -0.15) is 0 Å². The normalized spacial score (nSPS) is 15.5. The lowest BCUT2D eigenvalue weighted by Gasteiger charge is -2.21. The molecule has 1 fully saturated rings. The van der Waals surface area contributed by atoms with Crippen LogP contribution in [0.5, 0.6) is 0 Å². The van der Waals surface area contributed by atoms with Gasteiger partial charge >= 0.3 is 0 Å². The zero-order chi connectivity index (χ0) is 13.4. The minimum Gasteiger partial charge on any atom is -0.354 e. The van der Waals surface area contributed by atoms with Gasteiger partial charge in [-0.05, 0) is 24.0 Å². The molecule has 0 radical (unpaired) electrons. The van der Waals surface area contributed by atoms with Gasteiger partial charge in [0, 0.05) is 21.8 Å². The largest absolute Gasteiger partial charge is 0.354 e. The van der Waals surface area contributed by atoms with Crippen molar-refractivity contribution in [1.29, 1.82) is 0 Å². The summed E-state index contributed by atoms with van der Waals surface area (Å²) in [5.74, 6) is 0.890. The van der Waals surface area contributed by atoms with Crippen LogP contribution in [0.2, 0.25) is 0 Å². The summed E-state index contributed by atoms with van der Waals surface area (Å²) in [7, 11) is 0. The maximum Gasteiger partial charge on any atom is 0.0497 e. The summed E-state index contributed by atoms with van der Waals surface area (Å²) in [5.41, 5.74) is 4.13. The second-order valence-corrected chi connectivity index (χ2v) is 6.22. The van der Waals surface area contributed by atoms with Crippen molar-refractivity contribution in [1.82, 2.24) is 4.98 Å². The highest BCUT2D eigenvalue weighted by Gasteiger charge is 2.16. The second kappa shape index (κ2) is 7.39. The number of fused-ring (bicyclic) bond motifs is 3. The van der Waals surface area contributed by atoms with Crippen molar-refractivity contribution in [2.45, 2.75) is 38.5 Å². The van der Waals surface area contributed by atoms with Crippen LogP contribution < -0.4 is 0 Å². The fraction of sp³-hybridized carbons (Fsp3) is 0.368. The van der Waals surface area contributed by atoms with Gasteiger partial charge in [-0.3, -0.25) is 0 Å². The van der Waals surface area contributed by atoms with E-state index in [0.717, 1.165) is 5.92 Å². The number of rotatable bonds is 2. The van der Waals surface area contributed by atoms with Crippen molar-refractivity contribution >= 4 is 46.6 Å². The maximum absolute atomic E-state index is 3.64. The number of halogens is 2. The molecule has 118 valence electrons. The van der Waals surface area contributed by atoms with E-state index in [1.165, 1.54) is 65.9 Å². The van der Waals surface area contributed by atoms with Gasteiger partial charge < -0.3 is 4.98 Å². The summed E-state index contributed by atoms with van der Waals surface area (Å²) in [4.78, 5) is 3.64. The van der Waals surface area contributed by atoms with Gasteiger partial charge in [-0.25, -0.2) is 0 Å². The zero-order valence-corrected chi connectivity index (χ0v) is 14.3. The molecule has 3 aromatic rings. The Morgan fingerprint density at radius 1 is 0.818 bits per heavy atom. The summed E-state index contributed by atoms with van der Waals surface area (Å²) in [5, 5.41) is 2.74. The number of benzene rings is 2. The Balaban J connectivity index is 0.000000882. The molecule has 22 heavy (non-hydrogen) atoms. The molecule has 0 spiro atoms. The van der Waals surface area contributed by atoms with Gasteiger partial charge in [-0.15, -0.1) is 24.8 Å². The van der Waals surface area contributed by atoms with Crippen LogP contribution in [0.1, 0.15) is 37.7 Å². The summed E-state index contributed by atoms with van der Waals surface area (Å²) in [6.45, 7) is 0. The zero-order valence-electron chi connectivity index (χ0n) is 12.7. The first-order chi connectivity index (χ1) is 9.92. The lowest BCUT2D eigenvalue weighted by atomic mass is 9.84. The first kappa shape index (κ1) is 17.2. The fourth-order valence-electron chi connectivity index (χ4n) is 3.81. The van der Waals surface area contributed by atoms with Gasteiger partial charge in [0.1, 0.15) is 0 Å². The third kappa shape index (κ3) is 3.11. The van der Waals surface area contributed by atoms with Crippen LogP contribution in [-0.4, -0.2) is 4.98 Å². The Hall–Kier alpha value is -1.18. The Morgan fingerprint density at radius 2 is 1.55 bits per heavy atom. The van der Waals surface area contributed by atoms with Crippen molar-refractivity contribution in [3.05, 3.63) is 48.0 Å². The number of hydrogen-bond acceptors (Lipinski definition) is 0. The molecule has 3 heteroatoms. The van der Waals surface area contributed by atoms with Crippen LogP contribution in [0.4, 0.5) is 0 Å². The van der Waals surface area contributed by atoms with E-state index in [0.29, 0.717) is 0 Å². The van der Waals surface area contributed by atoms with Crippen LogP contribution in [0.15, 0.2) is 42.5 Å². The predicted octanol–water partition coefficient (Wildman–Crippen LogP) is 6.29. The van der Waals surface area contributed by atoms with Crippen LogP contribution in [0.25, 0.3) is 21.8 Å². The number of H-pyrrole nitrogens is 1. The van der Waals surface area contributed by atoms with Gasteiger partial charge in [0.25, 0.3) is 0 Å². The van der Waals surface area contributed by atoms with Gasteiger partial charge in [0.15, 0.2) is 0 Å². The molecule has 0 bridgehead atoms. The molecule has 1 aromatic heterocycles. The molecule has 2 aromatic carbocycles. The van der Waals surface area contributed by atoms with E-state index in [2.05, 4.69) is 47.4 Å². The molecule has 0 saturated heterocycles. The Labute approximate surface area is 144 Å². The van der Waals surface area contributed by atoms with E-state index in [-0.39, 0.29) is 24.8 Å². The highest BCUT2D eigenvalue weighted by molar-refractivity contribution is 6.08. The summed E-state index contributed by atoms with van der Waals surface area (Å²) in [6, 6.07) is 15.4. The molecule has 0 amide bonds. The smallest absolute Gasteiger partial charge is 0.0497 e. The number of hydrogen-bond donors (Lipinski definition) is 1. The molecule has 1 nitrogen and oxygen atoms in total. The molecule has 1 N–H and O–H groups in total. The molecule has 1 aliphatic carbocycles. The first-order valence-electron chi connectivity index (χ1n) is 7.90. The van der Waals surface area contributed by atoms with E-state index < -0.39 is 0 Å². The van der Waals surface area contributed by atoms with Gasteiger partial charge in [0.05, 0.1) is 0 Å². The fourth-order valence-corrected chi connectivity index (χ4v) is 3.81. The van der Waals surface area contributed by atoms with Crippen molar-refractivity contribution in [3.8, 4) is 0 Å². The SMILES string of the molecule is Cl.Cl.c1ccc2c(c1)[nH]c1c(CC3CCCCC3)cccc12. The summed E-state index contributed by atoms with van der Waals surface area (Å²) in [6.07, 6.45) is 8.35. The van der Waals surface area contributed by atoms with Crippen molar-refractivity contribution < 1.29 is 0 Å². The molecule has 0 aliphatic heterocycles. The Morgan fingerprint density at radius 3 is 2.36 bits per heavy atom. The quantitative estimate of drug-likeness (QED) is 0.566. The third-order valence-corrected chi connectivity index (χ3v) is 4.86. The van der Waals surface area contributed by atoms with E-state index in [1.807, 2.05) is 0 Å². The molecule has 0 unspecified atom stereocenters. The van der Waals surface area contributed by atoms with E-state index in [4.69, 9.17) is 0 Å². The molecule has 1 saturated carbocycles. The predicted molar refractivity (Wildman–Crippen MR) is 101 cm³/mol. The lowest BCUT2D eigenvalue weighted by molar-refractivity contribution is 0.357. The van der Waals surface area contributed by atoms with Gasteiger partial charge in [0.2, 0.25) is 0 Å². The molecular weight excluding hydrogens is 313 g/mol. The molecule has 1 heterocycles. The second-order valence-electron chi connectivity index (χ2n) is 6.22. The standard InChI is InChI=1S/C19H21N.2ClH/c1-2-7-14(8-3-1)13-15-9-6-11-17-16-10-4-5-12-18(16)20-19(15)17;;/h4-6,9-12,14,20H,1-3,7-8,13H2;2*1H. The highest BCUT2D eigenvalue weighted by Crippen LogP contribution is 2.32. The lowest BCUT2D eigenvalue weighted by Crippen LogP contribution is -2.09. The van der Waals surface area contributed by atoms with Crippen LogP contribution in [-0.2, 0) is 6.42 Å². The van der Waals surface area contributed by atoms with E-state index in [9.17, 15) is 0 Å². The van der Waals surface area contributed by atoms with Gasteiger partial charge in [-0.1, -0.05) is 68.5 Å². The maximum atomic E-state index is 3.64. The van der Waals surface area contributed by atoms with Crippen LogP contribution in [0.3, 0.4) is 0 Å². The van der Waals surface area contributed by atoms with E-state index >= 15 is 0 Å². The minimum absolute atomic E-state index is 0. The number of aromatic nitrogens is 1. The molecular formula is C19H23Cl2N. The average molecular weight is 336 g/mol. The van der Waals surface area contributed by atoms with Crippen molar-refractivity contribution in [2.24, 2.45) is 5.92 Å². The number of aromatic amines is 1. The average Bonchev–Trinajstić information content (AvgIpc) is 2.88. The minimum atomic E-state index is 0. The highest BCUT2D eigenvalue weighted by atomic mass is 35.5. The summed E-state index contributed by atoms with van der Waals surface area (Å²) < 4.78 is 0. The van der Waals surface area contributed by atoms with Crippen LogP contribution in [0, 0.1) is 5.92 Å². The summed E-state index contributed by atoms with van der Waals surface area (Å²) >= 11 is 0. The molecule has 1 aliphatic rings. The topological polar surface area (TPSA) is 15.8 Å². The number of para-hydroxylation sites is 2. The third-order valence-electron chi connectivity index (χ3n) is 4.86.